The molecule has 9 nitrogen and oxygen atoms in total. The molecule has 1 aromatic carbocycles. The van der Waals surface area contributed by atoms with Crippen LogP contribution in [0.2, 0.25) is 0 Å². The van der Waals surface area contributed by atoms with Crippen LogP contribution in [0.3, 0.4) is 0 Å². The molecule has 2 bridgehead atoms. The highest BCUT2D eigenvalue weighted by Gasteiger charge is 2.62. The van der Waals surface area contributed by atoms with Gasteiger partial charge in [-0.2, -0.15) is 0 Å². The zero-order valence-electron chi connectivity index (χ0n) is 16.5. The summed E-state index contributed by atoms with van der Waals surface area (Å²) < 4.78 is 4.96. The number of rotatable bonds is 5. The minimum atomic E-state index is -1.10. The molecular weight excluding hydrogens is 390 g/mol. The van der Waals surface area contributed by atoms with Crippen LogP contribution in [0.5, 0.6) is 0 Å². The van der Waals surface area contributed by atoms with Gasteiger partial charge in [-0.15, -0.1) is 0 Å². The van der Waals surface area contributed by atoms with Crippen LogP contribution in [0.1, 0.15) is 36.5 Å². The van der Waals surface area contributed by atoms with Crippen LogP contribution in [0.4, 0.5) is 0 Å². The minimum absolute atomic E-state index is 0.226. The van der Waals surface area contributed by atoms with E-state index >= 15 is 0 Å². The van der Waals surface area contributed by atoms with Gasteiger partial charge in [-0.1, -0.05) is 18.2 Å². The molecule has 1 aliphatic heterocycles. The van der Waals surface area contributed by atoms with Crippen LogP contribution in [0, 0.1) is 23.7 Å². The van der Waals surface area contributed by atoms with Gasteiger partial charge < -0.3 is 4.74 Å². The Kier molecular flexibility index (Phi) is 5.27. The number of hydrogen-bond acceptors (Lipinski definition) is 6. The van der Waals surface area contributed by atoms with Crippen LogP contribution >= 0.6 is 0 Å². The van der Waals surface area contributed by atoms with E-state index in [1.54, 1.807) is 30.3 Å². The maximum atomic E-state index is 12.8. The molecular formula is C21H23N3O6. The van der Waals surface area contributed by atoms with E-state index in [1.165, 1.54) is 6.92 Å². The van der Waals surface area contributed by atoms with Gasteiger partial charge in [-0.3, -0.25) is 34.9 Å². The summed E-state index contributed by atoms with van der Waals surface area (Å²) in [6.07, 6.45) is 2.81. The highest BCUT2D eigenvalue weighted by molar-refractivity contribution is 6.08. The molecule has 0 spiro atoms. The third-order valence-electron chi connectivity index (χ3n) is 6.39. The van der Waals surface area contributed by atoms with E-state index in [9.17, 15) is 24.0 Å². The molecule has 9 heteroatoms. The largest absolute Gasteiger partial charge is 0.454 e. The van der Waals surface area contributed by atoms with E-state index in [4.69, 9.17) is 4.74 Å². The van der Waals surface area contributed by atoms with Crippen LogP contribution in [0.25, 0.3) is 0 Å². The molecule has 3 aliphatic rings. The van der Waals surface area contributed by atoms with Crippen molar-refractivity contribution in [1.29, 1.82) is 0 Å². The van der Waals surface area contributed by atoms with E-state index in [2.05, 4.69) is 10.9 Å². The molecule has 30 heavy (non-hydrogen) atoms. The molecule has 0 unspecified atom stereocenters. The van der Waals surface area contributed by atoms with Crippen molar-refractivity contribution in [2.45, 2.75) is 32.2 Å². The normalized spacial score (nSPS) is 27.6. The van der Waals surface area contributed by atoms with E-state index in [1.807, 2.05) is 0 Å². The maximum Gasteiger partial charge on any atom is 0.329 e. The maximum absolute atomic E-state index is 12.8. The second kappa shape index (κ2) is 7.89. The van der Waals surface area contributed by atoms with E-state index < -0.39 is 30.4 Å². The van der Waals surface area contributed by atoms with Crippen molar-refractivity contribution in [3.05, 3.63) is 35.9 Å². The van der Waals surface area contributed by atoms with Crippen LogP contribution in [-0.2, 0) is 23.9 Å². The van der Waals surface area contributed by atoms with Gasteiger partial charge in [0.2, 0.25) is 11.8 Å². The summed E-state index contributed by atoms with van der Waals surface area (Å²) >= 11 is 0. The second-order valence-corrected chi connectivity index (χ2v) is 8.08. The van der Waals surface area contributed by atoms with Crippen molar-refractivity contribution >= 4 is 29.6 Å². The monoisotopic (exact) mass is 413 g/mol. The van der Waals surface area contributed by atoms with E-state index in [0.717, 1.165) is 24.2 Å². The fourth-order valence-electron chi connectivity index (χ4n) is 5.00. The molecule has 158 valence electrons. The highest BCUT2D eigenvalue weighted by atomic mass is 16.5. The Morgan fingerprint density at radius 3 is 2.23 bits per heavy atom. The van der Waals surface area contributed by atoms with Gasteiger partial charge in [0.1, 0.15) is 6.04 Å². The first-order valence-electron chi connectivity index (χ1n) is 10.1. The number of nitrogens with zero attached hydrogens (tertiary/aromatic N) is 1. The Balaban J connectivity index is 1.27. The predicted molar refractivity (Wildman–Crippen MR) is 102 cm³/mol. The number of hydrogen-bond donors (Lipinski definition) is 2. The predicted octanol–water partition coefficient (Wildman–Crippen LogP) is 0.410. The van der Waals surface area contributed by atoms with Gasteiger partial charge in [0.05, 0.1) is 11.8 Å². The molecule has 0 radical (unpaired) electrons. The zero-order valence-corrected chi connectivity index (χ0v) is 16.5. The number of likely N-dealkylation sites (tertiary alicyclic amines) is 1. The summed E-state index contributed by atoms with van der Waals surface area (Å²) in [6, 6.07) is 7.18. The quantitative estimate of drug-likeness (QED) is 0.410. The number of esters is 1. The summed E-state index contributed by atoms with van der Waals surface area (Å²) in [6.45, 7) is 0.780. The Hall–Kier alpha value is -3.23. The molecule has 4 amide bonds. The van der Waals surface area contributed by atoms with Gasteiger partial charge >= 0.3 is 5.97 Å². The third-order valence-corrected chi connectivity index (χ3v) is 6.39. The van der Waals surface area contributed by atoms with Crippen molar-refractivity contribution in [3.8, 4) is 0 Å². The number of carbonyl (C=O) groups excluding carboxylic acids is 5. The first kappa shape index (κ1) is 20.1. The zero-order chi connectivity index (χ0) is 21.4. The highest BCUT2D eigenvalue weighted by Crippen LogP contribution is 2.56. The van der Waals surface area contributed by atoms with Crippen molar-refractivity contribution < 1.29 is 28.7 Å². The van der Waals surface area contributed by atoms with Gasteiger partial charge in [0, 0.05) is 5.56 Å². The third kappa shape index (κ3) is 3.44. The Labute approximate surface area is 173 Å². The molecule has 2 N–H and O–H groups in total. The van der Waals surface area contributed by atoms with Gasteiger partial charge in [0.15, 0.2) is 6.61 Å². The summed E-state index contributed by atoms with van der Waals surface area (Å²) in [5, 5.41) is 0. The smallest absolute Gasteiger partial charge is 0.329 e. The summed E-state index contributed by atoms with van der Waals surface area (Å²) in [5.41, 5.74) is 4.72. The van der Waals surface area contributed by atoms with E-state index in [0.29, 0.717) is 5.56 Å². The number of imide groups is 1. The molecule has 3 fully saturated rings. The van der Waals surface area contributed by atoms with Gasteiger partial charge in [-0.25, -0.2) is 4.79 Å². The van der Waals surface area contributed by atoms with Crippen LogP contribution in [-0.4, -0.2) is 47.1 Å². The average molecular weight is 413 g/mol. The van der Waals surface area contributed by atoms with Crippen LogP contribution < -0.4 is 10.9 Å². The Morgan fingerprint density at radius 1 is 1.03 bits per heavy atom. The molecule has 1 heterocycles. The summed E-state index contributed by atoms with van der Waals surface area (Å²) in [5.74, 6) is -2.89. The van der Waals surface area contributed by atoms with Crippen molar-refractivity contribution in [1.82, 2.24) is 15.8 Å². The average Bonchev–Trinajstić information content (AvgIpc) is 3.44. The van der Waals surface area contributed by atoms with Crippen molar-refractivity contribution in [2.24, 2.45) is 23.7 Å². The molecule has 4 rings (SSSR count). The lowest BCUT2D eigenvalue weighted by Gasteiger charge is -2.23. The van der Waals surface area contributed by atoms with Crippen molar-refractivity contribution in [2.75, 3.05) is 6.61 Å². The lowest BCUT2D eigenvalue weighted by Crippen LogP contribution is -2.47. The first-order chi connectivity index (χ1) is 14.4. The SMILES string of the molecule is C[C@@H](C(=O)OCC(=O)NNC(=O)c1ccccc1)N1C(=O)[C@@H]2[C@@H]3CC[C@@H](C3)[C@@H]2C1=O. The lowest BCUT2D eigenvalue weighted by molar-refractivity contribution is -0.160. The fourth-order valence-corrected chi connectivity index (χ4v) is 5.00. The Morgan fingerprint density at radius 2 is 1.63 bits per heavy atom. The number of ether oxygens (including phenoxy) is 1. The molecule has 2 saturated carbocycles. The number of amides is 4. The lowest BCUT2D eigenvalue weighted by atomic mass is 9.81. The molecule has 2 aliphatic carbocycles. The number of carbonyl (C=O) groups is 5. The molecule has 1 aromatic rings. The molecule has 0 aromatic heterocycles. The standard InChI is InChI=1S/C21H23N3O6/c1-11(24-19(27)16-13-7-8-14(9-13)17(16)20(24)28)21(29)30-10-15(25)22-23-18(26)12-5-3-2-4-6-12/h2-6,11,13-14,16-17H,7-10H2,1H3,(H,22,25)(H,23,26)/t11-,13-,14+,16-,17+/m0/s1. The van der Waals surface area contributed by atoms with Crippen molar-refractivity contribution in [3.63, 3.8) is 0 Å². The minimum Gasteiger partial charge on any atom is -0.454 e. The van der Waals surface area contributed by atoms with Crippen LogP contribution in [0.15, 0.2) is 30.3 Å². The summed E-state index contributed by atoms with van der Waals surface area (Å²) in [4.78, 5) is 62.6. The first-order valence-corrected chi connectivity index (χ1v) is 10.1. The number of benzene rings is 1. The number of fused-ring (bicyclic) bond motifs is 5. The van der Waals surface area contributed by atoms with E-state index in [-0.39, 0.29) is 35.5 Å². The fraction of sp³-hybridized carbons (Fsp3) is 0.476. The Bertz CT molecular complexity index is 873. The van der Waals surface area contributed by atoms with Gasteiger partial charge in [-0.05, 0) is 50.2 Å². The second-order valence-electron chi connectivity index (χ2n) is 8.08. The summed E-state index contributed by atoms with van der Waals surface area (Å²) in [7, 11) is 0. The topological polar surface area (TPSA) is 122 Å². The molecule has 1 saturated heterocycles. The molecule has 5 atom stereocenters. The van der Waals surface area contributed by atoms with Gasteiger partial charge in [0.25, 0.3) is 11.8 Å². The number of nitrogens with one attached hydrogen (secondary N) is 2. The number of hydrazine groups is 1.